The lowest BCUT2D eigenvalue weighted by Crippen LogP contribution is -2.21. The van der Waals surface area contributed by atoms with Gasteiger partial charge in [0.1, 0.15) is 5.78 Å². The van der Waals surface area contributed by atoms with E-state index in [4.69, 9.17) is 9.47 Å². The van der Waals surface area contributed by atoms with Crippen molar-refractivity contribution in [2.24, 2.45) is 4.99 Å². The molecule has 7 nitrogen and oxygen atoms in total. The number of ketones is 1. The van der Waals surface area contributed by atoms with Gasteiger partial charge in [0.05, 0.1) is 11.8 Å². The van der Waals surface area contributed by atoms with Gasteiger partial charge in [-0.3, -0.25) is 9.79 Å². The highest BCUT2D eigenvalue weighted by Gasteiger charge is 2.24. The summed E-state index contributed by atoms with van der Waals surface area (Å²) in [5.41, 5.74) is 4.37. The number of aromatic hydroxyl groups is 1. The van der Waals surface area contributed by atoms with Crippen LogP contribution in [0.5, 0.6) is 11.5 Å². The van der Waals surface area contributed by atoms with Gasteiger partial charge in [-0.1, -0.05) is 32.3 Å². The van der Waals surface area contributed by atoms with Crippen LogP contribution in [0.4, 0.5) is 0 Å². The molecule has 2 aliphatic heterocycles. The van der Waals surface area contributed by atoms with E-state index >= 15 is 0 Å². The highest BCUT2D eigenvalue weighted by Crippen LogP contribution is 2.32. The standard InChI is InChI=1S/C27H38N2O5/c1-3-4-5-8-22(30)15-23(31)11-9-20-10-12-26(32)27(14-20)34-19-29-17-24-21(7-6-13-33-2)16-28-25(24)18-29/h10,12,14,16,18,22,30,32H,3-9,11,13,15,17,19H2,1-2H3/t22-/m1/s1. The number of rotatable bonds is 16. The second-order valence-electron chi connectivity index (χ2n) is 9.09. The fourth-order valence-electron chi connectivity index (χ4n) is 4.25. The van der Waals surface area contributed by atoms with E-state index in [1.807, 2.05) is 17.3 Å². The summed E-state index contributed by atoms with van der Waals surface area (Å²) in [7, 11) is 1.71. The molecule has 2 aliphatic rings. The molecule has 34 heavy (non-hydrogen) atoms. The molecule has 0 spiro atoms. The molecular formula is C27H38N2O5. The second kappa shape index (κ2) is 13.3. The number of unbranched alkanes of at least 4 members (excludes halogenated alkanes) is 2. The molecule has 0 bridgehead atoms. The zero-order valence-electron chi connectivity index (χ0n) is 20.5. The van der Waals surface area contributed by atoms with Gasteiger partial charge in [0.15, 0.2) is 18.2 Å². The summed E-state index contributed by atoms with van der Waals surface area (Å²) in [4.78, 5) is 18.8. The molecule has 0 saturated carbocycles. The number of aryl methyl sites for hydroxylation is 1. The van der Waals surface area contributed by atoms with E-state index in [0.29, 0.717) is 31.7 Å². The Balaban J connectivity index is 1.46. The van der Waals surface area contributed by atoms with Gasteiger partial charge in [-0.25, -0.2) is 0 Å². The number of carbonyl (C=O) groups is 1. The number of benzene rings is 1. The van der Waals surface area contributed by atoms with E-state index in [9.17, 15) is 15.0 Å². The molecule has 2 heterocycles. The quantitative estimate of drug-likeness (QED) is 0.345. The Morgan fingerprint density at radius 3 is 2.88 bits per heavy atom. The first-order valence-electron chi connectivity index (χ1n) is 12.4. The van der Waals surface area contributed by atoms with Gasteiger partial charge in [-0.15, -0.1) is 0 Å². The van der Waals surface area contributed by atoms with Crippen LogP contribution < -0.4 is 4.74 Å². The number of nitrogens with zero attached hydrogens (tertiary/aromatic N) is 2. The molecule has 0 aromatic heterocycles. The van der Waals surface area contributed by atoms with Crippen molar-refractivity contribution in [1.82, 2.24) is 4.90 Å². The number of Topliss-reactive ketones (excluding diaryl/α,β-unsaturated/α-hetero) is 1. The van der Waals surface area contributed by atoms with Gasteiger partial charge in [-0.05, 0) is 49.0 Å². The zero-order valence-corrected chi connectivity index (χ0v) is 20.5. The van der Waals surface area contributed by atoms with Crippen molar-refractivity contribution in [2.45, 2.75) is 70.8 Å². The smallest absolute Gasteiger partial charge is 0.163 e. The van der Waals surface area contributed by atoms with E-state index in [1.54, 1.807) is 25.3 Å². The summed E-state index contributed by atoms with van der Waals surface area (Å²) in [6.45, 7) is 3.88. The van der Waals surface area contributed by atoms with Crippen LogP contribution in [0.3, 0.4) is 0 Å². The first kappa shape index (κ1) is 26.0. The fraction of sp³-hybridized carbons (Fsp3) is 0.556. The molecule has 2 N–H and O–H groups in total. The van der Waals surface area contributed by atoms with Crippen molar-refractivity contribution in [3.05, 3.63) is 46.8 Å². The summed E-state index contributed by atoms with van der Waals surface area (Å²) >= 11 is 0. The lowest BCUT2D eigenvalue weighted by Gasteiger charge is -2.18. The van der Waals surface area contributed by atoms with Gasteiger partial charge in [0.25, 0.3) is 0 Å². The van der Waals surface area contributed by atoms with E-state index in [0.717, 1.165) is 56.5 Å². The number of carbonyl (C=O) groups excluding carboxylic acids is 1. The number of ether oxygens (including phenoxy) is 2. The number of aliphatic hydroxyl groups excluding tert-OH is 1. The van der Waals surface area contributed by atoms with Crippen molar-refractivity contribution >= 4 is 12.0 Å². The summed E-state index contributed by atoms with van der Waals surface area (Å²) in [5.74, 6) is 0.536. The van der Waals surface area contributed by atoms with Gasteiger partial charge in [-0.2, -0.15) is 0 Å². The number of aliphatic hydroxyl groups is 1. The molecule has 7 heteroatoms. The Morgan fingerprint density at radius 1 is 1.24 bits per heavy atom. The molecule has 1 aromatic rings. The average molecular weight is 471 g/mol. The molecule has 0 amide bonds. The largest absolute Gasteiger partial charge is 0.504 e. The lowest BCUT2D eigenvalue weighted by atomic mass is 10.0. The van der Waals surface area contributed by atoms with Crippen molar-refractivity contribution in [1.29, 1.82) is 0 Å². The van der Waals surface area contributed by atoms with Crippen molar-refractivity contribution in [3.63, 3.8) is 0 Å². The minimum atomic E-state index is -0.549. The highest BCUT2D eigenvalue weighted by atomic mass is 16.5. The van der Waals surface area contributed by atoms with Crippen LogP contribution in [0, 0.1) is 0 Å². The number of hydrogen-bond acceptors (Lipinski definition) is 7. The first-order chi connectivity index (χ1) is 16.5. The minimum Gasteiger partial charge on any atom is -0.504 e. The van der Waals surface area contributed by atoms with Crippen LogP contribution in [0.25, 0.3) is 0 Å². The molecule has 1 atom stereocenters. The Bertz CT molecular complexity index is 922. The highest BCUT2D eigenvalue weighted by molar-refractivity contribution is 5.87. The Hall–Kier alpha value is -2.64. The third-order valence-electron chi connectivity index (χ3n) is 6.22. The lowest BCUT2D eigenvalue weighted by molar-refractivity contribution is -0.121. The summed E-state index contributed by atoms with van der Waals surface area (Å²) < 4.78 is 11.0. The predicted molar refractivity (Wildman–Crippen MR) is 133 cm³/mol. The van der Waals surface area contributed by atoms with Crippen LogP contribution in [-0.4, -0.2) is 60.2 Å². The van der Waals surface area contributed by atoms with Crippen molar-refractivity contribution < 1.29 is 24.5 Å². The number of allylic oxidation sites excluding steroid dienone is 1. The molecule has 0 radical (unpaired) electrons. The van der Waals surface area contributed by atoms with Crippen LogP contribution in [0.15, 0.2) is 46.2 Å². The molecule has 0 unspecified atom stereocenters. The maximum absolute atomic E-state index is 12.2. The SMILES string of the molecule is CCCCC[C@@H](O)CC(=O)CCc1ccc(O)c(OCN2C=C3N=CC(CCCOC)=C3C2)c1. The number of methoxy groups -OCH3 is 1. The summed E-state index contributed by atoms with van der Waals surface area (Å²) in [6, 6.07) is 5.20. The van der Waals surface area contributed by atoms with E-state index in [-0.39, 0.29) is 18.0 Å². The van der Waals surface area contributed by atoms with E-state index in [1.165, 1.54) is 11.1 Å². The van der Waals surface area contributed by atoms with Gasteiger partial charge in [0.2, 0.25) is 0 Å². The van der Waals surface area contributed by atoms with Crippen LogP contribution in [0.1, 0.15) is 63.9 Å². The normalized spacial score (nSPS) is 15.6. The summed E-state index contributed by atoms with van der Waals surface area (Å²) in [5, 5.41) is 20.3. The molecule has 1 aromatic carbocycles. The van der Waals surface area contributed by atoms with E-state index < -0.39 is 6.10 Å². The predicted octanol–water partition coefficient (Wildman–Crippen LogP) is 4.53. The third kappa shape index (κ3) is 7.71. The van der Waals surface area contributed by atoms with Gasteiger partial charge < -0.3 is 24.6 Å². The fourth-order valence-corrected chi connectivity index (χ4v) is 4.25. The molecule has 0 saturated heterocycles. The molecule has 0 aliphatic carbocycles. The maximum atomic E-state index is 12.2. The molecule has 0 fully saturated rings. The number of phenolic OH excluding ortho intramolecular Hbond substituents is 1. The van der Waals surface area contributed by atoms with Crippen LogP contribution in [-0.2, 0) is 16.0 Å². The average Bonchev–Trinajstić information content (AvgIpc) is 3.39. The Morgan fingerprint density at radius 2 is 2.09 bits per heavy atom. The maximum Gasteiger partial charge on any atom is 0.163 e. The zero-order chi connectivity index (χ0) is 24.3. The topological polar surface area (TPSA) is 91.6 Å². The first-order valence-corrected chi connectivity index (χ1v) is 12.4. The van der Waals surface area contributed by atoms with Crippen molar-refractivity contribution in [2.75, 3.05) is 27.0 Å². The number of aliphatic imine (C=N–C) groups is 1. The Labute approximate surface area is 202 Å². The monoisotopic (exact) mass is 470 g/mol. The number of fused-ring (bicyclic) bond motifs is 1. The number of phenols is 1. The minimum absolute atomic E-state index is 0.0601. The van der Waals surface area contributed by atoms with Gasteiger partial charge in [0, 0.05) is 51.1 Å². The molecule has 186 valence electrons. The van der Waals surface area contributed by atoms with E-state index in [2.05, 4.69) is 11.9 Å². The third-order valence-corrected chi connectivity index (χ3v) is 6.22. The summed E-state index contributed by atoms with van der Waals surface area (Å²) in [6.07, 6.45) is 10.2. The second-order valence-corrected chi connectivity index (χ2v) is 9.09. The number of hydrogen-bond donors (Lipinski definition) is 2. The Kier molecular flexibility index (Phi) is 10.2. The molecule has 3 rings (SSSR count). The van der Waals surface area contributed by atoms with Gasteiger partial charge >= 0.3 is 0 Å². The van der Waals surface area contributed by atoms with Crippen LogP contribution >= 0.6 is 0 Å². The van der Waals surface area contributed by atoms with Crippen LogP contribution in [0.2, 0.25) is 0 Å². The molecular weight excluding hydrogens is 432 g/mol. The van der Waals surface area contributed by atoms with Crippen molar-refractivity contribution in [3.8, 4) is 11.5 Å².